The molecule has 0 atom stereocenters. The highest BCUT2D eigenvalue weighted by atomic mass is 16.2. The zero-order valence-corrected chi connectivity index (χ0v) is 8.18. The van der Waals surface area contributed by atoms with E-state index in [1.165, 1.54) is 0 Å². The van der Waals surface area contributed by atoms with Crippen LogP contribution in [-0.4, -0.2) is 30.4 Å². The van der Waals surface area contributed by atoms with Gasteiger partial charge in [-0.1, -0.05) is 20.3 Å². The van der Waals surface area contributed by atoms with Crippen molar-refractivity contribution in [1.82, 2.24) is 4.90 Å². The third-order valence-electron chi connectivity index (χ3n) is 1.80. The second-order valence-electron chi connectivity index (χ2n) is 2.94. The van der Waals surface area contributed by atoms with Crippen LogP contribution in [0.1, 0.15) is 33.1 Å². The first kappa shape index (κ1) is 11.4. The van der Waals surface area contributed by atoms with E-state index in [2.05, 4.69) is 13.8 Å². The van der Waals surface area contributed by atoms with E-state index in [1.54, 1.807) is 0 Å². The molecule has 3 heteroatoms. The normalized spacial score (nSPS) is 9.92. The molecule has 0 spiro atoms. The Morgan fingerprint density at radius 1 is 1.25 bits per heavy atom. The van der Waals surface area contributed by atoms with Crippen LogP contribution in [0.3, 0.4) is 0 Å². The standard InChI is InChI=1S/C9H20N2O/c1-3-5-7-11(6-4-2)9(12)8-10/h3-8,10H2,1-2H3. The van der Waals surface area contributed by atoms with Crippen LogP contribution >= 0.6 is 0 Å². The monoisotopic (exact) mass is 172 g/mol. The molecule has 72 valence electrons. The van der Waals surface area contributed by atoms with Gasteiger partial charge < -0.3 is 10.6 Å². The molecule has 0 bridgehead atoms. The summed E-state index contributed by atoms with van der Waals surface area (Å²) in [5.41, 5.74) is 5.28. The summed E-state index contributed by atoms with van der Waals surface area (Å²) in [6.07, 6.45) is 3.21. The average Bonchev–Trinajstić information content (AvgIpc) is 2.11. The van der Waals surface area contributed by atoms with Crippen LogP contribution in [0.15, 0.2) is 0 Å². The largest absolute Gasteiger partial charge is 0.342 e. The van der Waals surface area contributed by atoms with Crippen LogP contribution in [-0.2, 0) is 4.79 Å². The van der Waals surface area contributed by atoms with Gasteiger partial charge >= 0.3 is 0 Å². The van der Waals surface area contributed by atoms with Crippen molar-refractivity contribution in [3.63, 3.8) is 0 Å². The molecule has 0 aliphatic heterocycles. The third-order valence-corrected chi connectivity index (χ3v) is 1.80. The maximum absolute atomic E-state index is 11.2. The predicted molar refractivity (Wildman–Crippen MR) is 50.8 cm³/mol. The first-order chi connectivity index (χ1) is 5.76. The van der Waals surface area contributed by atoms with Gasteiger partial charge in [-0.15, -0.1) is 0 Å². The molecule has 0 saturated heterocycles. The molecule has 0 radical (unpaired) electrons. The zero-order chi connectivity index (χ0) is 9.40. The Morgan fingerprint density at radius 2 is 1.92 bits per heavy atom. The number of carbonyl (C=O) groups excluding carboxylic acids is 1. The number of hydrogen-bond donors (Lipinski definition) is 1. The predicted octanol–water partition coefficient (Wildman–Crippen LogP) is 0.984. The van der Waals surface area contributed by atoms with Gasteiger partial charge in [-0.25, -0.2) is 0 Å². The highest BCUT2D eigenvalue weighted by Crippen LogP contribution is 1.96. The van der Waals surface area contributed by atoms with Gasteiger partial charge in [0.05, 0.1) is 6.54 Å². The van der Waals surface area contributed by atoms with Crippen molar-refractivity contribution >= 4 is 5.91 Å². The minimum Gasteiger partial charge on any atom is -0.342 e. The second-order valence-corrected chi connectivity index (χ2v) is 2.94. The molecule has 3 nitrogen and oxygen atoms in total. The van der Waals surface area contributed by atoms with Crippen molar-refractivity contribution in [3.8, 4) is 0 Å². The van der Waals surface area contributed by atoms with E-state index in [4.69, 9.17) is 5.73 Å². The van der Waals surface area contributed by atoms with E-state index in [9.17, 15) is 4.79 Å². The quantitative estimate of drug-likeness (QED) is 0.649. The molecule has 2 N–H and O–H groups in total. The lowest BCUT2D eigenvalue weighted by atomic mass is 10.3. The van der Waals surface area contributed by atoms with E-state index in [0.717, 1.165) is 32.4 Å². The van der Waals surface area contributed by atoms with Crippen molar-refractivity contribution in [1.29, 1.82) is 0 Å². The second kappa shape index (κ2) is 7.10. The average molecular weight is 172 g/mol. The zero-order valence-electron chi connectivity index (χ0n) is 8.18. The number of rotatable bonds is 6. The number of hydrogen-bond acceptors (Lipinski definition) is 2. The summed E-state index contributed by atoms with van der Waals surface area (Å²) in [7, 11) is 0. The smallest absolute Gasteiger partial charge is 0.236 e. The Kier molecular flexibility index (Phi) is 6.76. The lowest BCUT2D eigenvalue weighted by molar-refractivity contribution is -0.129. The lowest BCUT2D eigenvalue weighted by Crippen LogP contribution is -2.37. The van der Waals surface area contributed by atoms with Crippen LogP contribution < -0.4 is 5.73 Å². The molecule has 0 aromatic carbocycles. The first-order valence-electron chi connectivity index (χ1n) is 4.74. The molecular formula is C9H20N2O. The van der Waals surface area contributed by atoms with Crippen molar-refractivity contribution in [3.05, 3.63) is 0 Å². The first-order valence-corrected chi connectivity index (χ1v) is 4.74. The maximum Gasteiger partial charge on any atom is 0.236 e. The molecule has 0 aliphatic rings. The van der Waals surface area contributed by atoms with E-state index in [0.29, 0.717) is 0 Å². The fourth-order valence-electron chi connectivity index (χ4n) is 1.11. The molecule has 0 heterocycles. The van der Waals surface area contributed by atoms with Crippen molar-refractivity contribution in [2.24, 2.45) is 5.73 Å². The van der Waals surface area contributed by atoms with Gasteiger partial charge in [0.25, 0.3) is 0 Å². The molecule has 0 saturated carbocycles. The van der Waals surface area contributed by atoms with Crippen LogP contribution in [0, 0.1) is 0 Å². The number of amides is 1. The third kappa shape index (κ3) is 4.34. The Bertz CT molecular complexity index is 126. The van der Waals surface area contributed by atoms with Crippen LogP contribution in [0.5, 0.6) is 0 Å². The molecule has 0 fully saturated rings. The molecule has 0 aromatic heterocycles. The fourth-order valence-corrected chi connectivity index (χ4v) is 1.11. The Balaban J connectivity index is 3.76. The summed E-state index contributed by atoms with van der Waals surface area (Å²) in [6.45, 7) is 6.04. The number of nitrogens with two attached hydrogens (primary N) is 1. The summed E-state index contributed by atoms with van der Waals surface area (Å²) in [6, 6.07) is 0. The van der Waals surface area contributed by atoms with Crippen LogP contribution in [0.25, 0.3) is 0 Å². The van der Waals surface area contributed by atoms with E-state index >= 15 is 0 Å². The number of unbranched alkanes of at least 4 members (excludes halogenated alkanes) is 1. The lowest BCUT2D eigenvalue weighted by Gasteiger charge is -2.20. The van der Waals surface area contributed by atoms with Gasteiger partial charge in [-0.05, 0) is 12.8 Å². The van der Waals surface area contributed by atoms with E-state index < -0.39 is 0 Å². The van der Waals surface area contributed by atoms with Crippen molar-refractivity contribution in [2.45, 2.75) is 33.1 Å². The van der Waals surface area contributed by atoms with Crippen LogP contribution in [0.2, 0.25) is 0 Å². The molecule has 0 unspecified atom stereocenters. The Labute approximate surface area is 74.9 Å². The fraction of sp³-hybridized carbons (Fsp3) is 0.889. The summed E-state index contributed by atoms with van der Waals surface area (Å²) < 4.78 is 0. The summed E-state index contributed by atoms with van der Waals surface area (Å²) >= 11 is 0. The van der Waals surface area contributed by atoms with Gasteiger partial charge in [0, 0.05) is 13.1 Å². The molecule has 12 heavy (non-hydrogen) atoms. The minimum absolute atomic E-state index is 0.0744. The van der Waals surface area contributed by atoms with Crippen LogP contribution in [0.4, 0.5) is 0 Å². The van der Waals surface area contributed by atoms with Crippen molar-refractivity contribution in [2.75, 3.05) is 19.6 Å². The molecule has 0 aliphatic carbocycles. The van der Waals surface area contributed by atoms with Gasteiger partial charge in [-0.2, -0.15) is 0 Å². The van der Waals surface area contributed by atoms with Gasteiger partial charge in [0.15, 0.2) is 0 Å². The number of nitrogens with zero attached hydrogens (tertiary/aromatic N) is 1. The van der Waals surface area contributed by atoms with Gasteiger partial charge in [0.1, 0.15) is 0 Å². The SMILES string of the molecule is CCCCN(CCC)C(=O)CN. The molecular weight excluding hydrogens is 152 g/mol. The van der Waals surface area contributed by atoms with Crippen molar-refractivity contribution < 1.29 is 4.79 Å². The molecule has 1 amide bonds. The summed E-state index contributed by atoms with van der Waals surface area (Å²) in [4.78, 5) is 13.1. The topological polar surface area (TPSA) is 46.3 Å². The molecule has 0 aromatic rings. The summed E-state index contributed by atoms with van der Waals surface area (Å²) in [5, 5.41) is 0. The Morgan fingerprint density at radius 3 is 2.33 bits per heavy atom. The van der Waals surface area contributed by atoms with Gasteiger partial charge in [-0.3, -0.25) is 4.79 Å². The van der Waals surface area contributed by atoms with E-state index in [1.807, 2.05) is 4.90 Å². The number of carbonyl (C=O) groups is 1. The Hall–Kier alpha value is -0.570. The van der Waals surface area contributed by atoms with Gasteiger partial charge in [0.2, 0.25) is 5.91 Å². The maximum atomic E-state index is 11.2. The summed E-state index contributed by atoms with van der Waals surface area (Å²) in [5.74, 6) is 0.0744. The highest BCUT2D eigenvalue weighted by molar-refractivity contribution is 5.77. The minimum atomic E-state index is 0.0744. The highest BCUT2D eigenvalue weighted by Gasteiger charge is 2.08. The van der Waals surface area contributed by atoms with E-state index in [-0.39, 0.29) is 12.5 Å². The molecule has 0 rings (SSSR count).